The molecule has 0 heterocycles. The normalized spacial score (nSPS) is 14.1. The van der Waals surface area contributed by atoms with E-state index >= 15 is 0 Å². The van der Waals surface area contributed by atoms with Crippen molar-refractivity contribution in [2.75, 3.05) is 6.54 Å². The summed E-state index contributed by atoms with van der Waals surface area (Å²) in [5.74, 6) is -0.946. The molecule has 0 radical (unpaired) electrons. The quantitative estimate of drug-likeness (QED) is 0.894. The third-order valence-electron chi connectivity index (χ3n) is 3.19. The standard InChI is InChI=1S/C17H19NO5/c1-17(2,3)23-16(22)18-8-7-10-9-13(20)11-5-4-6-12(19)14(11)15(10)21/h4-6,9,19H,7-8H2,1-3H3,(H,18,22). The van der Waals surface area contributed by atoms with Crippen molar-refractivity contribution in [3.05, 3.63) is 41.0 Å². The van der Waals surface area contributed by atoms with Crippen molar-refractivity contribution < 1.29 is 24.2 Å². The number of benzene rings is 1. The number of phenols is 1. The molecular formula is C17H19NO5. The number of fused-ring (bicyclic) bond motifs is 1. The van der Waals surface area contributed by atoms with Gasteiger partial charge in [-0.15, -0.1) is 0 Å². The Morgan fingerprint density at radius 2 is 1.96 bits per heavy atom. The second-order valence-corrected chi connectivity index (χ2v) is 6.24. The largest absolute Gasteiger partial charge is 0.507 e. The van der Waals surface area contributed by atoms with Gasteiger partial charge in [0.15, 0.2) is 11.6 Å². The molecule has 6 heteroatoms. The zero-order valence-electron chi connectivity index (χ0n) is 13.3. The maximum atomic E-state index is 12.4. The highest BCUT2D eigenvalue weighted by molar-refractivity contribution is 6.25. The Kier molecular flexibility index (Phi) is 4.54. The molecule has 0 saturated heterocycles. The molecule has 0 aromatic heterocycles. The number of alkyl carbamates (subject to hydrolysis) is 1. The fourth-order valence-electron chi connectivity index (χ4n) is 2.25. The van der Waals surface area contributed by atoms with Crippen LogP contribution < -0.4 is 5.32 Å². The number of carbonyl (C=O) groups excluding carboxylic acids is 3. The van der Waals surface area contributed by atoms with Crippen LogP contribution in [0.15, 0.2) is 29.8 Å². The molecule has 0 saturated carbocycles. The maximum Gasteiger partial charge on any atom is 0.407 e. The van der Waals surface area contributed by atoms with E-state index in [1.807, 2.05) is 0 Å². The van der Waals surface area contributed by atoms with Crippen LogP contribution in [0.2, 0.25) is 0 Å². The Bertz CT molecular complexity index is 697. The van der Waals surface area contributed by atoms with E-state index in [2.05, 4.69) is 5.32 Å². The van der Waals surface area contributed by atoms with Gasteiger partial charge in [0.25, 0.3) is 0 Å². The molecule has 1 aromatic carbocycles. The van der Waals surface area contributed by atoms with Crippen LogP contribution in [0.4, 0.5) is 4.79 Å². The van der Waals surface area contributed by atoms with Crippen molar-refractivity contribution in [1.82, 2.24) is 5.32 Å². The van der Waals surface area contributed by atoms with Crippen LogP contribution >= 0.6 is 0 Å². The van der Waals surface area contributed by atoms with E-state index in [9.17, 15) is 19.5 Å². The molecule has 1 aromatic rings. The molecule has 0 spiro atoms. The summed E-state index contributed by atoms with van der Waals surface area (Å²) in [6, 6.07) is 4.38. The zero-order valence-corrected chi connectivity index (χ0v) is 13.3. The lowest BCUT2D eigenvalue weighted by Gasteiger charge is -2.20. The predicted molar refractivity (Wildman–Crippen MR) is 83.7 cm³/mol. The summed E-state index contributed by atoms with van der Waals surface area (Å²) in [6.07, 6.45) is 0.842. The Morgan fingerprint density at radius 3 is 2.61 bits per heavy atom. The number of amides is 1. The molecule has 0 bridgehead atoms. The molecule has 0 fully saturated rings. The highest BCUT2D eigenvalue weighted by atomic mass is 16.6. The van der Waals surface area contributed by atoms with Crippen LogP contribution in [-0.4, -0.2) is 34.9 Å². The van der Waals surface area contributed by atoms with E-state index in [0.29, 0.717) is 0 Å². The zero-order chi connectivity index (χ0) is 17.2. The van der Waals surface area contributed by atoms with Gasteiger partial charge in [0.05, 0.1) is 5.56 Å². The number of hydrogen-bond donors (Lipinski definition) is 2. The summed E-state index contributed by atoms with van der Waals surface area (Å²) >= 11 is 0. The number of carbonyl (C=O) groups is 3. The van der Waals surface area contributed by atoms with Gasteiger partial charge in [0, 0.05) is 17.7 Å². The van der Waals surface area contributed by atoms with Crippen LogP contribution in [-0.2, 0) is 4.74 Å². The van der Waals surface area contributed by atoms with Crippen LogP contribution in [0.3, 0.4) is 0 Å². The van der Waals surface area contributed by atoms with Gasteiger partial charge in [0.2, 0.25) is 0 Å². The number of phenolic OH excluding ortho intramolecular Hbond substituents is 1. The molecule has 6 nitrogen and oxygen atoms in total. The van der Waals surface area contributed by atoms with E-state index in [0.717, 1.165) is 0 Å². The molecule has 0 unspecified atom stereocenters. The maximum absolute atomic E-state index is 12.4. The van der Waals surface area contributed by atoms with Gasteiger partial charge in [-0.05, 0) is 39.3 Å². The van der Waals surface area contributed by atoms with E-state index in [4.69, 9.17) is 4.74 Å². The monoisotopic (exact) mass is 317 g/mol. The van der Waals surface area contributed by atoms with Crippen molar-refractivity contribution in [2.45, 2.75) is 32.8 Å². The fourth-order valence-corrected chi connectivity index (χ4v) is 2.25. The molecule has 0 atom stereocenters. The van der Waals surface area contributed by atoms with Gasteiger partial charge in [-0.25, -0.2) is 4.79 Å². The third kappa shape index (κ3) is 3.97. The first-order valence-electron chi connectivity index (χ1n) is 7.27. The SMILES string of the molecule is CC(C)(C)OC(=O)NCCC1=CC(=O)c2cccc(O)c2C1=O. The second-order valence-electron chi connectivity index (χ2n) is 6.24. The molecule has 2 N–H and O–H groups in total. The van der Waals surface area contributed by atoms with Crippen molar-refractivity contribution in [2.24, 2.45) is 0 Å². The van der Waals surface area contributed by atoms with Gasteiger partial charge in [-0.1, -0.05) is 12.1 Å². The lowest BCUT2D eigenvalue weighted by molar-refractivity contribution is 0.0527. The molecular weight excluding hydrogens is 298 g/mol. The Hall–Kier alpha value is -2.63. The topological polar surface area (TPSA) is 92.7 Å². The van der Waals surface area contributed by atoms with Crippen molar-refractivity contribution in [1.29, 1.82) is 0 Å². The van der Waals surface area contributed by atoms with Gasteiger partial charge in [-0.3, -0.25) is 9.59 Å². The number of ketones is 2. The number of nitrogens with one attached hydrogen (secondary N) is 1. The van der Waals surface area contributed by atoms with Crippen LogP contribution in [0, 0.1) is 0 Å². The summed E-state index contributed by atoms with van der Waals surface area (Å²) in [5, 5.41) is 12.3. The smallest absolute Gasteiger partial charge is 0.407 e. The minimum Gasteiger partial charge on any atom is -0.507 e. The molecule has 1 amide bonds. The molecule has 1 aliphatic carbocycles. The molecule has 23 heavy (non-hydrogen) atoms. The summed E-state index contributed by atoms with van der Waals surface area (Å²) in [5.41, 5.74) is -0.142. The second kappa shape index (κ2) is 6.24. The average Bonchev–Trinajstić information content (AvgIpc) is 2.42. The summed E-state index contributed by atoms with van der Waals surface area (Å²) in [6.45, 7) is 5.40. The lowest BCUT2D eigenvalue weighted by atomic mass is 9.87. The average molecular weight is 317 g/mol. The highest BCUT2D eigenvalue weighted by Crippen LogP contribution is 2.29. The highest BCUT2D eigenvalue weighted by Gasteiger charge is 2.28. The summed E-state index contributed by atoms with van der Waals surface area (Å²) < 4.78 is 5.09. The van der Waals surface area contributed by atoms with E-state index in [-0.39, 0.29) is 41.2 Å². The number of rotatable bonds is 3. The van der Waals surface area contributed by atoms with Crippen molar-refractivity contribution >= 4 is 17.7 Å². The number of hydrogen-bond acceptors (Lipinski definition) is 5. The predicted octanol–water partition coefficient (Wildman–Crippen LogP) is 2.61. The third-order valence-corrected chi connectivity index (χ3v) is 3.19. The Morgan fingerprint density at radius 1 is 1.26 bits per heavy atom. The number of ether oxygens (including phenoxy) is 1. The van der Waals surface area contributed by atoms with Gasteiger partial charge in [0.1, 0.15) is 11.4 Å². The fraction of sp³-hybridized carbons (Fsp3) is 0.353. The van der Waals surface area contributed by atoms with Crippen molar-refractivity contribution in [3.63, 3.8) is 0 Å². The number of aromatic hydroxyl groups is 1. The molecule has 0 aliphatic heterocycles. The number of Topliss-reactive ketones (excluding diaryl/α,β-unsaturated/α-hetero) is 1. The van der Waals surface area contributed by atoms with E-state index in [1.54, 1.807) is 20.8 Å². The molecule has 2 rings (SSSR count). The first kappa shape index (κ1) is 16.7. The van der Waals surface area contributed by atoms with Crippen LogP contribution in [0.5, 0.6) is 5.75 Å². The van der Waals surface area contributed by atoms with Crippen LogP contribution in [0.1, 0.15) is 47.9 Å². The summed E-state index contributed by atoms with van der Waals surface area (Å²) in [7, 11) is 0. The van der Waals surface area contributed by atoms with Gasteiger partial charge in [-0.2, -0.15) is 0 Å². The minimum atomic E-state index is -0.606. The Labute approximate surface area is 134 Å². The van der Waals surface area contributed by atoms with Gasteiger partial charge < -0.3 is 15.2 Å². The first-order valence-corrected chi connectivity index (χ1v) is 7.27. The molecule has 1 aliphatic rings. The van der Waals surface area contributed by atoms with Gasteiger partial charge >= 0.3 is 6.09 Å². The van der Waals surface area contributed by atoms with E-state index in [1.165, 1.54) is 24.3 Å². The van der Waals surface area contributed by atoms with Crippen molar-refractivity contribution in [3.8, 4) is 5.75 Å². The first-order chi connectivity index (χ1) is 10.7. The summed E-state index contributed by atoms with van der Waals surface area (Å²) in [4.78, 5) is 35.9. The number of allylic oxidation sites excluding steroid dienone is 1. The minimum absolute atomic E-state index is 0.0206. The van der Waals surface area contributed by atoms with E-state index < -0.39 is 17.5 Å². The van der Waals surface area contributed by atoms with Crippen LogP contribution in [0.25, 0.3) is 0 Å². The Balaban J connectivity index is 2.03. The molecule has 122 valence electrons. The lowest BCUT2D eigenvalue weighted by Crippen LogP contribution is -2.33.